The molecule has 0 aliphatic rings. The van der Waals surface area contributed by atoms with Gasteiger partial charge in [-0.3, -0.25) is 4.98 Å². The van der Waals surface area contributed by atoms with Crippen molar-refractivity contribution in [1.29, 1.82) is 5.26 Å². The third kappa shape index (κ3) is 3.33. The smallest absolute Gasteiger partial charge is 0.350 e. The van der Waals surface area contributed by atoms with E-state index < -0.39 is 5.69 Å². The number of H-pyrrole nitrogens is 1. The maximum absolute atomic E-state index is 12.0. The van der Waals surface area contributed by atoms with Crippen LogP contribution in [0.1, 0.15) is 36.2 Å². The van der Waals surface area contributed by atoms with E-state index in [-0.39, 0.29) is 17.3 Å². The molecule has 0 radical (unpaired) electrons. The van der Waals surface area contributed by atoms with Crippen molar-refractivity contribution in [2.75, 3.05) is 6.61 Å². The summed E-state index contributed by atoms with van der Waals surface area (Å²) in [5, 5.41) is 16.2. The van der Waals surface area contributed by atoms with E-state index in [0.29, 0.717) is 17.5 Å². The Kier molecular flexibility index (Phi) is 4.94. The number of thiazole rings is 1. The number of nitriles is 1. The Morgan fingerprint density at radius 2 is 2.38 bits per heavy atom. The first kappa shape index (κ1) is 16.6. The first-order valence-corrected chi connectivity index (χ1v) is 9.05. The molecule has 3 aromatic rings. The van der Waals surface area contributed by atoms with Gasteiger partial charge in [0.05, 0.1) is 11.9 Å². The van der Waals surface area contributed by atoms with Gasteiger partial charge < -0.3 is 4.74 Å². The van der Waals surface area contributed by atoms with Gasteiger partial charge >= 0.3 is 5.69 Å². The number of nitrogens with one attached hydrogen (secondary N) is 1. The number of aromatic nitrogens is 5. The quantitative estimate of drug-likeness (QED) is 0.669. The minimum Gasteiger partial charge on any atom is -0.372 e. The molecule has 1 N–H and O–H groups in total. The molecule has 3 aromatic heterocycles. The molecule has 0 aromatic carbocycles. The van der Waals surface area contributed by atoms with E-state index in [1.54, 1.807) is 11.3 Å². The molecule has 1 atom stereocenters. The highest BCUT2D eigenvalue weighted by molar-refractivity contribution is 7.98. The lowest BCUT2D eigenvalue weighted by atomic mass is 10.4. The predicted molar refractivity (Wildman–Crippen MR) is 90.0 cm³/mol. The van der Waals surface area contributed by atoms with Crippen molar-refractivity contribution in [3.8, 4) is 6.07 Å². The highest BCUT2D eigenvalue weighted by Crippen LogP contribution is 2.25. The zero-order valence-corrected chi connectivity index (χ0v) is 14.6. The van der Waals surface area contributed by atoms with Gasteiger partial charge in [0.2, 0.25) is 0 Å². The van der Waals surface area contributed by atoms with Gasteiger partial charge in [-0.1, -0.05) is 11.8 Å². The van der Waals surface area contributed by atoms with Crippen LogP contribution in [0.15, 0.2) is 21.5 Å². The van der Waals surface area contributed by atoms with Crippen LogP contribution >= 0.6 is 23.1 Å². The topological polar surface area (TPSA) is 109 Å². The Hall–Kier alpha value is -2.22. The Bertz CT molecular complexity index is 954. The molecule has 0 amide bonds. The molecule has 3 heterocycles. The Morgan fingerprint density at radius 1 is 1.54 bits per heavy atom. The average molecular weight is 362 g/mol. The van der Waals surface area contributed by atoms with E-state index in [1.165, 1.54) is 18.0 Å². The lowest BCUT2D eigenvalue weighted by Crippen LogP contribution is -2.19. The van der Waals surface area contributed by atoms with Crippen molar-refractivity contribution in [2.24, 2.45) is 0 Å². The minimum absolute atomic E-state index is 0.0296. The van der Waals surface area contributed by atoms with Crippen LogP contribution in [0.5, 0.6) is 0 Å². The summed E-state index contributed by atoms with van der Waals surface area (Å²) >= 11 is 2.90. The fourth-order valence-electron chi connectivity index (χ4n) is 2.05. The highest BCUT2D eigenvalue weighted by atomic mass is 32.2. The lowest BCUT2D eigenvalue weighted by Gasteiger charge is -2.06. The molecule has 0 fully saturated rings. The third-order valence-electron chi connectivity index (χ3n) is 3.17. The third-order valence-corrected chi connectivity index (χ3v) is 5.13. The van der Waals surface area contributed by atoms with Crippen molar-refractivity contribution in [2.45, 2.75) is 30.9 Å². The number of hydrogen-bond donors (Lipinski definition) is 1. The number of hydrogen-bond acceptors (Lipinski definition) is 8. The second kappa shape index (κ2) is 7.12. The Labute approximate surface area is 145 Å². The Morgan fingerprint density at radius 3 is 3.12 bits per heavy atom. The summed E-state index contributed by atoms with van der Waals surface area (Å²) in [4.78, 5) is 23.4. The second-order valence-corrected chi connectivity index (χ2v) is 6.67. The van der Waals surface area contributed by atoms with Crippen LogP contribution in [-0.2, 0) is 10.5 Å². The summed E-state index contributed by atoms with van der Waals surface area (Å²) in [5.74, 6) is 0.560. The van der Waals surface area contributed by atoms with Crippen LogP contribution in [0, 0.1) is 11.3 Å². The normalized spacial score (nSPS) is 12.4. The van der Waals surface area contributed by atoms with Crippen LogP contribution < -0.4 is 5.69 Å². The molecule has 0 saturated carbocycles. The van der Waals surface area contributed by atoms with E-state index in [9.17, 15) is 4.79 Å². The standard InChI is InChI=1S/C14H14N6O2S2/c1-3-22-8(2)12-17-10(6-23-12)7-24-13-18-11-9(4-15)5-16-20(11)14(21)19-13/h5-6,8H,3,7H2,1-2H3,(H,18,19,21). The number of ether oxygens (including phenoxy) is 1. The fourth-order valence-corrected chi connectivity index (χ4v) is 3.72. The largest absolute Gasteiger partial charge is 0.372 e. The zero-order valence-electron chi connectivity index (χ0n) is 13.0. The van der Waals surface area contributed by atoms with Gasteiger partial charge in [-0.05, 0) is 13.8 Å². The number of thioether (sulfide) groups is 1. The summed E-state index contributed by atoms with van der Waals surface area (Å²) in [6, 6.07) is 1.97. The van der Waals surface area contributed by atoms with Gasteiger partial charge in [0, 0.05) is 17.7 Å². The molecule has 24 heavy (non-hydrogen) atoms. The molecule has 124 valence electrons. The molecule has 0 aliphatic carbocycles. The van der Waals surface area contributed by atoms with Crippen LogP contribution in [0.4, 0.5) is 0 Å². The van der Waals surface area contributed by atoms with Gasteiger partial charge in [0.1, 0.15) is 22.7 Å². The van der Waals surface area contributed by atoms with Crippen molar-refractivity contribution in [3.05, 3.63) is 38.3 Å². The molecule has 0 saturated heterocycles. The van der Waals surface area contributed by atoms with Gasteiger partial charge in [-0.15, -0.1) is 11.3 Å². The van der Waals surface area contributed by atoms with Crippen LogP contribution in [0.3, 0.4) is 0 Å². The maximum Gasteiger partial charge on any atom is 0.350 e. The van der Waals surface area contributed by atoms with E-state index in [4.69, 9.17) is 10.00 Å². The molecule has 3 rings (SSSR count). The molecule has 8 nitrogen and oxygen atoms in total. The number of aromatic amines is 1. The second-order valence-electron chi connectivity index (χ2n) is 4.82. The number of nitrogens with zero attached hydrogens (tertiary/aromatic N) is 5. The van der Waals surface area contributed by atoms with Crippen LogP contribution in [-0.4, -0.2) is 31.2 Å². The fraction of sp³-hybridized carbons (Fsp3) is 0.357. The number of rotatable bonds is 6. The Balaban J connectivity index is 1.76. The molecule has 0 bridgehead atoms. The molecular weight excluding hydrogens is 348 g/mol. The number of fused-ring (bicyclic) bond motifs is 1. The first-order valence-electron chi connectivity index (χ1n) is 7.19. The van der Waals surface area contributed by atoms with Crippen molar-refractivity contribution < 1.29 is 4.74 Å². The zero-order chi connectivity index (χ0) is 17.1. The lowest BCUT2D eigenvalue weighted by molar-refractivity contribution is 0.0761. The maximum atomic E-state index is 12.0. The SMILES string of the molecule is CCOC(C)c1nc(CSc2nc3c(C#N)cnn3c(=O)[nH]2)cs1. The molecule has 0 aliphatic heterocycles. The monoisotopic (exact) mass is 362 g/mol. The van der Waals surface area contributed by atoms with E-state index in [0.717, 1.165) is 15.2 Å². The van der Waals surface area contributed by atoms with Gasteiger partial charge in [0.25, 0.3) is 0 Å². The van der Waals surface area contributed by atoms with Gasteiger partial charge in [-0.25, -0.2) is 14.8 Å². The predicted octanol–water partition coefficient (Wildman–Crippen LogP) is 2.14. The molecule has 10 heteroatoms. The van der Waals surface area contributed by atoms with Crippen LogP contribution in [0.25, 0.3) is 5.65 Å². The van der Waals surface area contributed by atoms with E-state index in [2.05, 4.69) is 20.1 Å². The average Bonchev–Trinajstić information content (AvgIpc) is 3.20. The van der Waals surface area contributed by atoms with Crippen molar-refractivity contribution in [3.63, 3.8) is 0 Å². The van der Waals surface area contributed by atoms with Gasteiger partial charge in [-0.2, -0.15) is 14.9 Å². The molecule has 0 spiro atoms. The van der Waals surface area contributed by atoms with E-state index in [1.807, 2.05) is 25.3 Å². The van der Waals surface area contributed by atoms with Crippen LogP contribution in [0.2, 0.25) is 0 Å². The summed E-state index contributed by atoms with van der Waals surface area (Å²) in [6.07, 6.45) is 1.30. The van der Waals surface area contributed by atoms with Crippen molar-refractivity contribution >= 4 is 28.7 Å². The first-order chi connectivity index (χ1) is 11.6. The van der Waals surface area contributed by atoms with Gasteiger partial charge in [0.15, 0.2) is 10.8 Å². The summed E-state index contributed by atoms with van der Waals surface area (Å²) in [5.41, 5.74) is 0.994. The molecule has 1 unspecified atom stereocenters. The van der Waals surface area contributed by atoms with Crippen molar-refractivity contribution in [1.82, 2.24) is 24.6 Å². The minimum atomic E-state index is -0.423. The van der Waals surface area contributed by atoms with E-state index >= 15 is 0 Å². The summed E-state index contributed by atoms with van der Waals surface area (Å²) in [6.45, 7) is 4.56. The summed E-state index contributed by atoms with van der Waals surface area (Å²) in [7, 11) is 0. The highest BCUT2D eigenvalue weighted by Gasteiger charge is 2.13. The summed E-state index contributed by atoms with van der Waals surface area (Å²) < 4.78 is 6.60. The molecular formula is C14H14N6O2S2.